The van der Waals surface area contributed by atoms with Crippen LogP contribution in [0.3, 0.4) is 0 Å². The Morgan fingerprint density at radius 1 is 1.62 bits per heavy atom. The standard InChI is InChI=1S/C9H10BrNOS/c10-7-4-5-13-8(7)9(12)11-6-2-1-3-6/h4-6H,1-3H2,(H,11,12). The number of carbonyl (C=O) groups excluding carboxylic acids is 1. The molecule has 1 aromatic heterocycles. The summed E-state index contributed by atoms with van der Waals surface area (Å²) in [6, 6.07) is 2.32. The summed E-state index contributed by atoms with van der Waals surface area (Å²) in [6.45, 7) is 0. The largest absolute Gasteiger partial charge is 0.349 e. The van der Waals surface area contributed by atoms with E-state index >= 15 is 0 Å². The minimum atomic E-state index is 0.0616. The second-order valence-corrected chi connectivity index (χ2v) is 4.97. The zero-order valence-corrected chi connectivity index (χ0v) is 9.45. The molecule has 0 unspecified atom stereocenters. The van der Waals surface area contributed by atoms with Crippen LogP contribution in [0.1, 0.15) is 28.9 Å². The molecule has 1 amide bonds. The SMILES string of the molecule is O=C(NC1CCC1)c1sccc1Br. The number of hydrogen-bond donors (Lipinski definition) is 1. The van der Waals surface area contributed by atoms with Crippen molar-refractivity contribution < 1.29 is 4.79 Å². The molecule has 2 rings (SSSR count). The molecule has 0 atom stereocenters. The van der Waals surface area contributed by atoms with Gasteiger partial charge in [0.25, 0.3) is 5.91 Å². The monoisotopic (exact) mass is 259 g/mol. The van der Waals surface area contributed by atoms with E-state index in [1.807, 2.05) is 11.4 Å². The number of amides is 1. The molecule has 0 aliphatic heterocycles. The molecule has 1 aliphatic carbocycles. The minimum absolute atomic E-state index is 0.0616. The smallest absolute Gasteiger partial charge is 0.262 e. The fourth-order valence-electron chi connectivity index (χ4n) is 1.26. The van der Waals surface area contributed by atoms with Crippen molar-refractivity contribution in [3.63, 3.8) is 0 Å². The molecule has 1 N–H and O–H groups in total. The van der Waals surface area contributed by atoms with Crippen molar-refractivity contribution in [2.45, 2.75) is 25.3 Å². The molecule has 1 aliphatic rings. The minimum Gasteiger partial charge on any atom is -0.349 e. The van der Waals surface area contributed by atoms with Crippen molar-refractivity contribution in [3.8, 4) is 0 Å². The molecule has 70 valence electrons. The highest BCUT2D eigenvalue weighted by Crippen LogP contribution is 2.24. The highest BCUT2D eigenvalue weighted by atomic mass is 79.9. The van der Waals surface area contributed by atoms with E-state index in [-0.39, 0.29) is 5.91 Å². The Morgan fingerprint density at radius 3 is 2.85 bits per heavy atom. The maximum absolute atomic E-state index is 11.6. The maximum atomic E-state index is 11.6. The lowest BCUT2D eigenvalue weighted by atomic mass is 9.93. The summed E-state index contributed by atoms with van der Waals surface area (Å²) in [5.74, 6) is 0.0616. The second-order valence-electron chi connectivity index (χ2n) is 3.20. The molecule has 0 spiro atoms. The van der Waals surface area contributed by atoms with Crippen LogP contribution in [0.25, 0.3) is 0 Å². The third kappa shape index (κ3) is 1.94. The van der Waals surface area contributed by atoms with Gasteiger partial charge in [-0.15, -0.1) is 11.3 Å². The van der Waals surface area contributed by atoms with Gasteiger partial charge in [0.1, 0.15) is 4.88 Å². The molecule has 0 saturated heterocycles. The third-order valence-corrected chi connectivity index (χ3v) is 4.10. The molecular weight excluding hydrogens is 250 g/mol. The Hall–Kier alpha value is -0.350. The first-order chi connectivity index (χ1) is 6.27. The molecule has 4 heteroatoms. The van der Waals surface area contributed by atoms with Crippen LogP contribution < -0.4 is 5.32 Å². The quantitative estimate of drug-likeness (QED) is 0.870. The van der Waals surface area contributed by atoms with Gasteiger partial charge in [-0.1, -0.05) is 0 Å². The molecular formula is C9H10BrNOS. The predicted molar refractivity (Wildman–Crippen MR) is 57.1 cm³/mol. The second kappa shape index (κ2) is 3.80. The lowest BCUT2D eigenvalue weighted by Crippen LogP contribution is -2.39. The van der Waals surface area contributed by atoms with E-state index in [9.17, 15) is 4.79 Å². The summed E-state index contributed by atoms with van der Waals surface area (Å²) in [5, 5.41) is 4.92. The Morgan fingerprint density at radius 2 is 2.38 bits per heavy atom. The normalized spacial score (nSPS) is 16.7. The van der Waals surface area contributed by atoms with Crippen LogP contribution in [0.2, 0.25) is 0 Å². The summed E-state index contributed by atoms with van der Waals surface area (Å²) in [5.41, 5.74) is 0. The van der Waals surface area contributed by atoms with Gasteiger partial charge in [0.2, 0.25) is 0 Å². The van der Waals surface area contributed by atoms with E-state index in [1.54, 1.807) is 0 Å². The van der Waals surface area contributed by atoms with Crippen molar-refractivity contribution in [3.05, 3.63) is 20.8 Å². The molecule has 0 aromatic carbocycles. The van der Waals surface area contributed by atoms with Crippen molar-refractivity contribution in [2.24, 2.45) is 0 Å². The van der Waals surface area contributed by atoms with E-state index in [0.29, 0.717) is 6.04 Å². The highest BCUT2D eigenvalue weighted by Gasteiger charge is 2.21. The fraction of sp³-hybridized carbons (Fsp3) is 0.444. The van der Waals surface area contributed by atoms with E-state index in [0.717, 1.165) is 22.2 Å². The third-order valence-electron chi connectivity index (χ3n) is 2.26. The van der Waals surface area contributed by atoms with E-state index in [2.05, 4.69) is 21.2 Å². The average molecular weight is 260 g/mol. The highest BCUT2D eigenvalue weighted by molar-refractivity contribution is 9.10. The van der Waals surface area contributed by atoms with Gasteiger partial charge in [-0.3, -0.25) is 4.79 Å². The zero-order chi connectivity index (χ0) is 9.26. The molecule has 2 nitrogen and oxygen atoms in total. The van der Waals surface area contributed by atoms with Gasteiger partial charge in [0.05, 0.1) is 0 Å². The van der Waals surface area contributed by atoms with Crippen LogP contribution in [0.5, 0.6) is 0 Å². The first kappa shape index (κ1) is 9.21. The van der Waals surface area contributed by atoms with E-state index < -0.39 is 0 Å². The number of nitrogens with one attached hydrogen (secondary N) is 1. The van der Waals surface area contributed by atoms with Crippen molar-refractivity contribution >= 4 is 33.2 Å². The van der Waals surface area contributed by atoms with Crippen molar-refractivity contribution in [2.75, 3.05) is 0 Å². The lowest BCUT2D eigenvalue weighted by Gasteiger charge is -2.26. The van der Waals surface area contributed by atoms with E-state index in [4.69, 9.17) is 0 Å². The maximum Gasteiger partial charge on any atom is 0.262 e. The van der Waals surface area contributed by atoms with E-state index in [1.165, 1.54) is 17.8 Å². The van der Waals surface area contributed by atoms with Crippen LogP contribution in [-0.2, 0) is 0 Å². The van der Waals surface area contributed by atoms with Gasteiger partial charge in [-0.25, -0.2) is 0 Å². The number of thiophene rings is 1. The summed E-state index contributed by atoms with van der Waals surface area (Å²) in [6.07, 6.45) is 3.51. The zero-order valence-electron chi connectivity index (χ0n) is 7.05. The molecule has 1 aromatic rings. The van der Waals surface area contributed by atoms with Crippen LogP contribution in [0.4, 0.5) is 0 Å². The molecule has 1 saturated carbocycles. The Kier molecular flexibility index (Phi) is 2.69. The van der Waals surface area contributed by atoms with Gasteiger partial charge in [-0.2, -0.15) is 0 Å². The molecule has 1 heterocycles. The number of hydrogen-bond acceptors (Lipinski definition) is 2. The Balaban J connectivity index is 2.00. The summed E-state index contributed by atoms with van der Waals surface area (Å²) in [7, 11) is 0. The Bertz CT molecular complexity index is 319. The fourth-order valence-corrected chi connectivity index (χ4v) is 2.71. The molecule has 13 heavy (non-hydrogen) atoms. The summed E-state index contributed by atoms with van der Waals surface area (Å²) < 4.78 is 0.898. The topological polar surface area (TPSA) is 29.1 Å². The van der Waals surface area contributed by atoms with Crippen molar-refractivity contribution in [1.82, 2.24) is 5.32 Å². The number of carbonyl (C=O) groups is 1. The average Bonchev–Trinajstić information content (AvgIpc) is 2.43. The Labute approximate surface area is 89.5 Å². The lowest BCUT2D eigenvalue weighted by molar-refractivity contribution is 0.0920. The van der Waals surface area contributed by atoms with Crippen LogP contribution >= 0.6 is 27.3 Å². The van der Waals surface area contributed by atoms with Crippen LogP contribution in [0.15, 0.2) is 15.9 Å². The van der Waals surface area contributed by atoms with Gasteiger partial charge >= 0.3 is 0 Å². The van der Waals surface area contributed by atoms with Crippen molar-refractivity contribution in [1.29, 1.82) is 0 Å². The van der Waals surface area contributed by atoms with Crippen LogP contribution in [-0.4, -0.2) is 11.9 Å². The van der Waals surface area contributed by atoms with Gasteiger partial charge in [0, 0.05) is 10.5 Å². The van der Waals surface area contributed by atoms with Gasteiger partial charge in [0.15, 0.2) is 0 Å². The first-order valence-corrected chi connectivity index (χ1v) is 5.98. The molecule has 0 bridgehead atoms. The van der Waals surface area contributed by atoms with Gasteiger partial charge < -0.3 is 5.32 Å². The first-order valence-electron chi connectivity index (χ1n) is 4.31. The van der Waals surface area contributed by atoms with Gasteiger partial charge in [-0.05, 0) is 46.6 Å². The number of rotatable bonds is 2. The summed E-state index contributed by atoms with van der Waals surface area (Å²) in [4.78, 5) is 12.4. The molecule has 1 fully saturated rings. The van der Waals surface area contributed by atoms with Crippen LogP contribution in [0, 0.1) is 0 Å². The predicted octanol–water partition coefficient (Wildman–Crippen LogP) is 2.79. The molecule has 0 radical (unpaired) electrons. The number of halogens is 1. The summed E-state index contributed by atoms with van der Waals surface area (Å²) >= 11 is 4.82.